The second-order valence-electron chi connectivity index (χ2n) is 8.74. The first-order chi connectivity index (χ1) is 12.4. The van der Waals surface area contributed by atoms with Crippen LogP contribution in [0.15, 0.2) is 30.5 Å². The van der Waals surface area contributed by atoms with Crippen molar-refractivity contribution >= 4 is 10.9 Å². The second kappa shape index (κ2) is 5.43. The molecule has 5 rings (SSSR count). The Morgan fingerprint density at radius 1 is 1.15 bits per heavy atom. The molecule has 1 unspecified atom stereocenters. The molecular formula is C23H27N3. The van der Waals surface area contributed by atoms with Gasteiger partial charge >= 0.3 is 0 Å². The van der Waals surface area contributed by atoms with Crippen LogP contribution in [-0.4, -0.2) is 28.0 Å². The minimum absolute atomic E-state index is 0.123. The molecule has 2 aliphatic heterocycles. The summed E-state index contributed by atoms with van der Waals surface area (Å²) in [6.45, 7) is 10.1. The van der Waals surface area contributed by atoms with E-state index in [1.54, 1.807) is 11.3 Å². The average Bonchev–Trinajstić information content (AvgIpc) is 2.88. The molecule has 2 aliphatic rings. The Bertz CT molecular complexity index is 1030. The third kappa shape index (κ3) is 2.26. The van der Waals surface area contributed by atoms with Gasteiger partial charge in [0.05, 0.1) is 5.52 Å². The van der Waals surface area contributed by atoms with Crippen LogP contribution in [0.2, 0.25) is 0 Å². The Hall–Kier alpha value is -2.13. The van der Waals surface area contributed by atoms with Crippen LogP contribution >= 0.6 is 0 Å². The van der Waals surface area contributed by atoms with Crippen molar-refractivity contribution in [1.82, 2.24) is 14.5 Å². The van der Waals surface area contributed by atoms with Gasteiger partial charge in [0.2, 0.25) is 0 Å². The maximum absolute atomic E-state index is 4.42. The highest BCUT2D eigenvalue weighted by Gasteiger charge is 2.36. The second-order valence-corrected chi connectivity index (χ2v) is 8.74. The van der Waals surface area contributed by atoms with E-state index in [-0.39, 0.29) is 5.41 Å². The molecule has 0 radical (unpaired) electrons. The van der Waals surface area contributed by atoms with Gasteiger partial charge in [0.15, 0.2) is 0 Å². The minimum atomic E-state index is 0.123. The summed E-state index contributed by atoms with van der Waals surface area (Å²) in [6, 6.07) is 9.32. The lowest BCUT2D eigenvalue weighted by molar-refractivity contribution is 0.303. The van der Waals surface area contributed by atoms with Gasteiger partial charge in [-0.2, -0.15) is 0 Å². The van der Waals surface area contributed by atoms with Crippen LogP contribution in [0.1, 0.15) is 40.6 Å². The number of benzene rings is 1. The molecule has 134 valence electrons. The van der Waals surface area contributed by atoms with Crippen molar-refractivity contribution in [3.05, 3.63) is 64.1 Å². The maximum atomic E-state index is 4.42. The lowest BCUT2D eigenvalue weighted by Crippen LogP contribution is -2.36. The van der Waals surface area contributed by atoms with E-state index in [1.807, 2.05) is 6.20 Å². The number of nitrogens with zero attached hydrogens (tertiary/aromatic N) is 3. The predicted molar refractivity (Wildman–Crippen MR) is 107 cm³/mol. The zero-order valence-electron chi connectivity index (χ0n) is 16.3. The van der Waals surface area contributed by atoms with Gasteiger partial charge in [0, 0.05) is 54.4 Å². The number of likely N-dealkylation sites (N-methyl/N-ethyl adjacent to an activating group) is 1. The summed E-state index contributed by atoms with van der Waals surface area (Å²) in [6.07, 6.45) is 4.23. The molecule has 1 aromatic carbocycles. The van der Waals surface area contributed by atoms with Gasteiger partial charge in [-0.25, -0.2) is 0 Å². The van der Waals surface area contributed by atoms with Crippen molar-refractivity contribution in [3.8, 4) is 0 Å². The molecule has 3 heteroatoms. The molecule has 0 spiro atoms. The van der Waals surface area contributed by atoms with Crippen LogP contribution in [0.5, 0.6) is 0 Å². The van der Waals surface area contributed by atoms with Crippen molar-refractivity contribution in [2.45, 2.75) is 52.1 Å². The van der Waals surface area contributed by atoms with Crippen LogP contribution in [0.3, 0.4) is 0 Å². The molecule has 0 N–H and O–H groups in total. The van der Waals surface area contributed by atoms with Gasteiger partial charge in [-0.15, -0.1) is 0 Å². The van der Waals surface area contributed by atoms with E-state index in [0.717, 1.165) is 38.2 Å². The summed E-state index contributed by atoms with van der Waals surface area (Å²) in [5.41, 5.74) is 10.2. The minimum Gasteiger partial charge on any atom is -0.343 e. The van der Waals surface area contributed by atoms with Crippen molar-refractivity contribution in [2.75, 3.05) is 13.6 Å². The number of hydrogen-bond acceptors (Lipinski definition) is 2. The highest BCUT2D eigenvalue weighted by molar-refractivity contribution is 5.90. The molecule has 0 fully saturated rings. The summed E-state index contributed by atoms with van der Waals surface area (Å²) in [5.74, 6) is 0. The van der Waals surface area contributed by atoms with Gasteiger partial charge in [-0.05, 0) is 62.2 Å². The van der Waals surface area contributed by atoms with E-state index in [9.17, 15) is 0 Å². The van der Waals surface area contributed by atoms with Gasteiger partial charge in [-0.3, -0.25) is 4.98 Å². The number of fused-ring (bicyclic) bond motifs is 3. The Morgan fingerprint density at radius 2 is 2.00 bits per heavy atom. The summed E-state index contributed by atoms with van der Waals surface area (Å²) in [4.78, 5) is 6.87. The number of pyridine rings is 1. The fourth-order valence-electron chi connectivity index (χ4n) is 5.21. The summed E-state index contributed by atoms with van der Waals surface area (Å²) >= 11 is 0. The lowest BCUT2D eigenvalue weighted by atomic mass is 9.75. The maximum Gasteiger partial charge on any atom is 0.0519 e. The Labute approximate surface area is 155 Å². The predicted octanol–water partition coefficient (Wildman–Crippen LogP) is 4.16. The van der Waals surface area contributed by atoms with Crippen LogP contribution in [-0.2, 0) is 31.3 Å². The average molecular weight is 345 g/mol. The topological polar surface area (TPSA) is 21.1 Å². The van der Waals surface area contributed by atoms with Crippen molar-refractivity contribution < 1.29 is 0 Å². The number of aryl methyl sites for hydroxylation is 2. The highest BCUT2D eigenvalue weighted by Crippen LogP contribution is 2.42. The van der Waals surface area contributed by atoms with E-state index in [4.69, 9.17) is 0 Å². The molecular weight excluding hydrogens is 318 g/mol. The van der Waals surface area contributed by atoms with Crippen molar-refractivity contribution in [2.24, 2.45) is 0 Å². The first kappa shape index (κ1) is 16.1. The molecule has 1 atom stereocenters. The number of rotatable bonds is 1. The number of aromatic nitrogens is 2. The lowest BCUT2D eigenvalue weighted by Gasteiger charge is -2.37. The standard InChI is InChI=1S/C23H27N3/c1-15-9-17-12-23(3,18-5-7-24-16(2)11-18)14-26-21-6-8-25(4)13-20(21)19(10-15)22(17)26/h5,7,9-11H,6,8,12-14H2,1-4H3. The molecule has 0 amide bonds. The Morgan fingerprint density at radius 3 is 2.81 bits per heavy atom. The van der Waals surface area contributed by atoms with Crippen molar-refractivity contribution in [3.63, 3.8) is 0 Å². The molecule has 3 aromatic rings. The van der Waals surface area contributed by atoms with E-state index in [0.29, 0.717) is 0 Å². The van der Waals surface area contributed by atoms with Gasteiger partial charge in [-0.1, -0.05) is 18.6 Å². The van der Waals surface area contributed by atoms with Gasteiger partial charge < -0.3 is 9.47 Å². The molecule has 0 saturated heterocycles. The van der Waals surface area contributed by atoms with E-state index in [1.165, 1.54) is 27.6 Å². The molecule has 0 bridgehead atoms. The van der Waals surface area contributed by atoms with Crippen LogP contribution in [0, 0.1) is 13.8 Å². The van der Waals surface area contributed by atoms with E-state index < -0.39 is 0 Å². The SMILES string of the molecule is Cc1cc2c3c(c1)c1c(n3CC(C)(c3ccnc(C)c3)C2)CCN(C)C1. The first-order valence-electron chi connectivity index (χ1n) is 9.70. The quantitative estimate of drug-likeness (QED) is 0.660. The Balaban J connectivity index is 1.74. The summed E-state index contributed by atoms with van der Waals surface area (Å²) in [5, 5.41) is 1.49. The summed E-state index contributed by atoms with van der Waals surface area (Å²) in [7, 11) is 2.24. The summed E-state index contributed by atoms with van der Waals surface area (Å²) < 4.78 is 2.66. The zero-order valence-corrected chi connectivity index (χ0v) is 16.3. The third-order valence-corrected chi connectivity index (χ3v) is 6.44. The van der Waals surface area contributed by atoms with Crippen LogP contribution in [0.25, 0.3) is 10.9 Å². The highest BCUT2D eigenvalue weighted by atomic mass is 15.1. The molecule has 0 saturated carbocycles. The fourth-order valence-corrected chi connectivity index (χ4v) is 5.21. The normalized spacial score (nSPS) is 22.6. The van der Waals surface area contributed by atoms with Gasteiger partial charge in [0.25, 0.3) is 0 Å². The Kier molecular flexibility index (Phi) is 3.36. The monoisotopic (exact) mass is 345 g/mol. The largest absolute Gasteiger partial charge is 0.343 e. The molecule has 4 heterocycles. The fraction of sp³-hybridized carbons (Fsp3) is 0.435. The third-order valence-electron chi connectivity index (χ3n) is 6.44. The van der Waals surface area contributed by atoms with E-state index >= 15 is 0 Å². The van der Waals surface area contributed by atoms with Crippen molar-refractivity contribution in [1.29, 1.82) is 0 Å². The smallest absolute Gasteiger partial charge is 0.0519 e. The molecule has 2 aromatic heterocycles. The van der Waals surface area contributed by atoms with Crippen LogP contribution in [0.4, 0.5) is 0 Å². The van der Waals surface area contributed by atoms with Gasteiger partial charge in [0.1, 0.15) is 0 Å². The first-order valence-corrected chi connectivity index (χ1v) is 9.70. The molecule has 0 aliphatic carbocycles. The van der Waals surface area contributed by atoms with E-state index in [2.05, 4.69) is 66.5 Å². The number of hydrogen-bond donors (Lipinski definition) is 0. The molecule has 26 heavy (non-hydrogen) atoms. The zero-order chi connectivity index (χ0) is 18.1. The molecule has 3 nitrogen and oxygen atoms in total. The van der Waals surface area contributed by atoms with Crippen LogP contribution < -0.4 is 0 Å².